The van der Waals surface area contributed by atoms with E-state index in [0.29, 0.717) is 23.0 Å². The average Bonchev–Trinajstić information content (AvgIpc) is 3.10. The second kappa shape index (κ2) is 5.68. The SMILES string of the molecule is CN1CCCN(C)C(c2noc(-c3cc(C#N)c[nH]3)n2)C1. The highest BCUT2D eigenvalue weighted by molar-refractivity contribution is 5.51. The third-order valence-electron chi connectivity index (χ3n) is 3.85. The van der Waals surface area contributed by atoms with Gasteiger partial charge in [-0.3, -0.25) is 4.90 Å². The summed E-state index contributed by atoms with van der Waals surface area (Å²) in [6, 6.07) is 3.91. The Morgan fingerprint density at radius 1 is 1.43 bits per heavy atom. The molecule has 1 unspecified atom stereocenters. The molecule has 1 aliphatic rings. The summed E-state index contributed by atoms with van der Waals surface area (Å²) in [5.74, 6) is 1.11. The Hall–Kier alpha value is -2.17. The minimum atomic E-state index is 0.125. The number of rotatable bonds is 2. The lowest BCUT2D eigenvalue weighted by atomic mass is 10.2. The lowest BCUT2D eigenvalue weighted by Gasteiger charge is -2.24. The number of likely N-dealkylation sites (N-methyl/N-ethyl adjacent to an activating group) is 2. The zero-order chi connectivity index (χ0) is 14.8. The Balaban J connectivity index is 1.85. The van der Waals surface area contributed by atoms with Crippen molar-refractivity contribution in [2.75, 3.05) is 33.7 Å². The van der Waals surface area contributed by atoms with Crippen LogP contribution in [-0.2, 0) is 0 Å². The maximum Gasteiger partial charge on any atom is 0.274 e. The van der Waals surface area contributed by atoms with E-state index in [0.717, 1.165) is 26.1 Å². The van der Waals surface area contributed by atoms with Gasteiger partial charge in [-0.05, 0) is 39.7 Å². The van der Waals surface area contributed by atoms with Gasteiger partial charge in [0.1, 0.15) is 11.8 Å². The molecule has 0 amide bonds. The predicted octanol–water partition coefficient (Wildman–Crippen LogP) is 1.24. The largest absolute Gasteiger partial charge is 0.356 e. The van der Waals surface area contributed by atoms with Crippen molar-refractivity contribution >= 4 is 0 Å². The highest BCUT2D eigenvalue weighted by atomic mass is 16.5. The number of nitrogens with zero attached hydrogens (tertiary/aromatic N) is 5. The molecule has 0 aliphatic carbocycles. The fourth-order valence-corrected chi connectivity index (χ4v) is 2.61. The quantitative estimate of drug-likeness (QED) is 0.894. The predicted molar refractivity (Wildman–Crippen MR) is 76.3 cm³/mol. The topological polar surface area (TPSA) is 85.0 Å². The van der Waals surface area contributed by atoms with Crippen LogP contribution in [-0.4, -0.2) is 58.7 Å². The first kappa shape index (κ1) is 13.8. The second-order valence-electron chi connectivity index (χ2n) is 5.48. The van der Waals surface area contributed by atoms with Crippen LogP contribution in [0.25, 0.3) is 11.6 Å². The van der Waals surface area contributed by atoms with Crippen molar-refractivity contribution in [3.63, 3.8) is 0 Å². The highest BCUT2D eigenvalue weighted by Gasteiger charge is 2.26. The van der Waals surface area contributed by atoms with E-state index in [1.54, 1.807) is 12.3 Å². The van der Waals surface area contributed by atoms with Gasteiger partial charge in [-0.2, -0.15) is 10.2 Å². The maximum atomic E-state index is 8.85. The van der Waals surface area contributed by atoms with Crippen LogP contribution in [0, 0.1) is 11.3 Å². The molecule has 1 saturated heterocycles. The lowest BCUT2D eigenvalue weighted by Crippen LogP contribution is -2.31. The Morgan fingerprint density at radius 2 is 2.29 bits per heavy atom. The van der Waals surface area contributed by atoms with Gasteiger partial charge >= 0.3 is 0 Å². The van der Waals surface area contributed by atoms with Crippen LogP contribution < -0.4 is 0 Å². The summed E-state index contributed by atoms with van der Waals surface area (Å²) in [4.78, 5) is 12.0. The summed E-state index contributed by atoms with van der Waals surface area (Å²) in [7, 11) is 4.19. The number of nitriles is 1. The highest BCUT2D eigenvalue weighted by Crippen LogP contribution is 2.24. The third-order valence-corrected chi connectivity index (χ3v) is 3.85. The van der Waals surface area contributed by atoms with Crippen LogP contribution in [0.3, 0.4) is 0 Å². The van der Waals surface area contributed by atoms with Crippen LogP contribution in [0.15, 0.2) is 16.8 Å². The summed E-state index contributed by atoms with van der Waals surface area (Å²) >= 11 is 0. The van der Waals surface area contributed by atoms with E-state index >= 15 is 0 Å². The van der Waals surface area contributed by atoms with Gasteiger partial charge in [-0.25, -0.2) is 0 Å². The van der Waals surface area contributed by atoms with Crippen molar-refractivity contribution in [3.05, 3.63) is 23.7 Å². The van der Waals surface area contributed by atoms with E-state index in [-0.39, 0.29) is 6.04 Å². The van der Waals surface area contributed by atoms with Gasteiger partial charge in [0.2, 0.25) is 0 Å². The summed E-state index contributed by atoms with van der Waals surface area (Å²) in [5, 5.41) is 13.0. The van der Waals surface area contributed by atoms with Crippen molar-refractivity contribution < 1.29 is 4.52 Å². The third kappa shape index (κ3) is 2.82. The van der Waals surface area contributed by atoms with Gasteiger partial charge in [-0.15, -0.1) is 0 Å². The molecule has 7 nitrogen and oxygen atoms in total. The smallest absolute Gasteiger partial charge is 0.274 e. The molecule has 0 spiro atoms. The van der Waals surface area contributed by atoms with Crippen molar-refractivity contribution in [2.45, 2.75) is 12.5 Å². The number of nitrogens with one attached hydrogen (secondary N) is 1. The van der Waals surface area contributed by atoms with Crippen molar-refractivity contribution in [3.8, 4) is 17.7 Å². The molecule has 21 heavy (non-hydrogen) atoms. The normalized spacial score (nSPS) is 21.1. The van der Waals surface area contributed by atoms with Crippen LogP contribution in [0.2, 0.25) is 0 Å². The minimum absolute atomic E-state index is 0.125. The molecular weight excluding hydrogens is 268 g/mol. The van der Waals surface area contributed by atoms with Gasteiger partial charge in [0.15, 0.2) is 5.82 Å². The van der Waals surface area contributed by atoms with E-state index in [1.807, 2.05) is 0 Å². The Kier molecular flexibility index (Phi) is 3.73. The number of hydrogen-bond donors (Lipinski definition) is 1. The van der Waals surface area contributed by atoms with E-state index in [4.69, 9.17) is 9.78 Å². The molecule has 2 aromatic heterocycles. The molecule has 2 aromatic rings. The first-order chi connectivity index (χ1) is 10.2. The number of hydrogen-bond acceptors (Lipinski definition) is 6. The first-order valence-corrected chi connectivity index (χ1v) is 6.98. The standard InChI is InChI=1S/C14H18N6O/c1-19-4-3-5-20(2)12(9-19)13-17-14(21-18-13)11-6-10(7-15)8-16-11/h6,8,12,16H,3-5,9H2,1-2H3. The lowest BCUT2D eigenvalue weighted by molar-refractivity contribution is 0.215. The first-order valence-electron chi connectivity index (χ1n) is 6.98. The molecular formula is C14H18N6O. The fraction of sp³-hybridized carbons (Fsp3) is 0.500. The second-order valence-corrected chi connectivity index (χ2v) is 5.48. The van der Waals surface area contributed by atoms with E-state index in [2.05, 4.69) is 45.1 Å². The average molecular weight is 286 g/mol. The molecule has 0 aromatic carbocycles. The van der Waals surface area contributed by atoms with Crippen LogP contribution in [0.1, 0.15) is 23.9 Å². The van der Waals surface area contributed by atoms with Gasteiger partial charge in [0.05, 0.1) is 11.6 Å². The molecule has 1 fully saturated rings. The van der Waals surface area contributed by atoms with Crippen molar-refractivity contribution in [2.24, 2.45) is 0 Å². The van der Waals surface area contributed by atoms with Gasteiger partial charge < -0.3 is 14.4 Å². The fourth-order valence-electron chi connectivity index (χ4n) is 2.61. The minimum Gasteiger partial charge on any atom is -0.356 e. The summed E-state index contributed by atoms with van der Waals surface area (Å²) < 4.78 is 5.34. The van der Waals surface area contributed by atoms with Gasteiger partial charge in [-0.1, -0.05) is 5.16 Å². The van der Waals surface area contributed by atoms with Crippen molar-refractivity contribution in [1.29, 1.82) is 5.26 Å². The molecule has 1 atom stereocenters. The van der Waals surface area contributed by atoms with Crippen LogP contribution >= 0.6 is 0 Å². The Bertz CT molecular complexity index is 654. The monoisotopic (exact) mass is 286 g/mol. The van der Waals surface area contributed by atoms with Crippen molar-refractivity contribution in [1.82, 2.24) is 24.9 Å². The zero-order valence-corrected chi connectivity index (χ0v) is 12.2. The molecule has 1 aliphatic heterocycles. The molecule has 3 heterocycles. The summed E-state index contributed by atoms with van der Waals surface area (Å²) in [5.41, 5.74) is 1.23. The van der Waals surface area contributed by atoms with Crippen LogP contribution in [0.5, 0.6) is 0 Å². The Morgan fingerprint density at radius 3 is 3.05 bits per heavy atom. The molecule has 1 N–H and O–H groups in total. The molecule has 0 radical (unpaired) electrons. The zero-order valence-electron chi connectivity index (χ0n) is 12.2. The number of aromatic nitrogens is 3. The number of aromatic amines is 1. The molecule has 110 valence electrons. The molecule has 0 bridgehead atoms. The van der Waals surface area contributed by atoms with Gasteiger partial charge in [0, 0.05) is 12.7 Å². The van der Waals surface area contributed by atoms with E-state index in [9.17, 15) is 0 Å². The van der Waals surface area contributed by atoms with E-state index < -0.39 is 0 Å². The molecule has 7 heteroatoms. The Labute approximate surface area is 123 Å². The molecule has 0 saturated carbocycles. The van der Waals surface area contributed by atoms with E-state index in [1.165, 1.54) is 0 Å². The summed E-state index contributed by atoms with van der Waals surface area (Å²) in [6.07, 6.45) is 2.77. The maximum absolute atomic E-state index is 8.85. The van der Waals surface area contributed by atoms with Gasteiger partial charge in [0.25, 0.3) is 5.89 Å². The molecule has 3 rings (SSSR count). The number of H-pyrrole nitrogens is 1. The van der Waals surface area contributed by atoms with Crippen LogP contribution in [0.4, 0.5) is 0 Å². The summed E-state index contributed by atoms with van der Waals surface area (Å²) in [6.45, 7) is 2.97.